The molecule has 3 heteroatoms. The van der Waals surface area contributed by atoms with Crippen LogP contribution in [0.25, 0.3) is 0 Å². The molecule has 3 nitrogen and oxygen atoms in total. The molecule has 1 fully saturated rings. The average molecular weight is 184 g/mol. The Labute approximate surface area is 78.4 Å². The lowest BCUT2D eigenvalue weighted by Gasteiger charge is -1.92. The topological polar surface area (TPSA) is 49.8 Å². The molecular weight excluding hydrogens is 168 g/mol. The number of carbonyl (C=O) groups is 1. The minimum atomic E-state index is -0.900. The zero-order valence-corrected chi connectivity index (χ0v) is 7.90. The van der Waals surface area contributed by atoms with Crippen molar-refractivity contribution in [2.45, 2.75) is 44.8 Å². The minimum Gasteiger partial charge on any atom is -0.478 e. The van der Waals surface area contributed by atoms with Crippen LogP contribution in [0.3, 0.4) is 0 Å². The minimum absolute atomic E-state index is 0.0629. The van der Waals surface area contributed by atoms with Crippen LogP contribution in [0.1, 0.15) is 32.6 Å². The Morgan fingerprint density at radius 2 is 2.31 bits per heavy atom. The highest BCUT2D eigenvalue weighted by Crippen LogP contribution is 2.28. The van der Waals surface area contributed by atoms with Crippen LogP contribution in [-0.4, -0.2) is 23.3 Å². The number of epoxide rings is 1. The van der Waals surface area contributed by atoms with E-state index in [9.17, 15) is 4.79 Å². The predicted molar refractivity (Wildman–Crippen MR) is 49.6 cm³/mol. The maximum absolute atomic E-state index is 10.2. The fraction of sp³-hybridized carbons (Fsp3) is 0.700. The summed E-state index contributed by atoms with van der Waals surface area (Å²) in [4.78, 5) is 10.2. The van der Waals surface area contributed by atoms with Crippen LogP contribution >= 0.6 is 0 Å². The zero-order valence-electron chi connectivity index (χ0n) is 7.90. The Hall–Kier alpha value is -0.830. The summed E-state index contributed by atoms with van der Waals surface area (Å²) < 4.78 is 5.26. The summed E-state index contributed by atoms with van der Waals surface area (Å²) in [6.45, 7) is 2.16. The van der Waals surface area contributed by atoms with Crippen LogP contribution < -0.4 is 0 Å². The predicted octanol–water partition coefficient (Wildman–Crippen LogP) is 1.97. The molecule has 0 radical (unpaired) electrons. The highest BCUT2D eigenvalue weighted by atomic mass is 16.6. The largest absolute Gasteiger partial charge is 0.478 e. The molecule has 2 atom stereocenters. The van der Waals surface area contributed by atoms with E-state index in [1.54, 1.807) is 6.08 Å². The van der Waals surface area contributed by atoms with E-state index in [0.29, 0.717) is 0 Å². The number of hydrogen-bond donors (Lipinski definition) is 1. The summed E-state index contributed by atoms with van der Waals surface area (Å²) in [5, 5.41) is 8.35. The molecule has 0 saturated carbocycles. The van der Waals surface area contributed by atoms with Gasteiger partial charge >= 0.3 is 5.97 Å². The first-order valence-corrected chi connectivity index (χ1v) is 4.80. The maximum atomic E-state index is 10.2. The van der Waals surface area contributed by atoms with Crippen molar-refractivity contribution in [1.29, 1.82) is 0 Å². The molecule has 0 aromatic rings. The third-order valence-corrected chi connectivity index (χ3v) is 2.14. The summed E-state index contributed by atoms with van der Waals surface area (Å²) >= 11 is 0. The molecule has 74 valence electrons. The van der Waals surface area contributed by atoms with Crippen molar-refractivity contribution in [2.75, 3.05) is 0 Å². The van der Waals surface area contributed by atoms with Crippen LogP contribution in [-0.2, 0) is 9.53 Å². The van der Waals surface area contributed by atoms with Gasteiger partial charge in [-0.3, -0.25) is 0 Å². The molecule has 1 saturated heterocycles. The molecule has 0 amide bonds. The third kappa shape index (κ3) is 4.08. The van der Waals surface area contributed by atoms with E-state index in [0.717, 1.165) is 12.5 Å². The summed E-state index contributed by atoms with van der Waals surface area (Å²) in [7, 11) is 0. The van der Waals surface area contributed by atoms with Crippen molar-refractivity contribution in [3.8, 4) is 0 Å². The monoisotopic (exact) mass is 184 g/mol. The van der Waals surface area contributed by atoms with Crippen molar-refractivity contribution in [3.05, 3.63) is 12.2 Å². The van der Waals surface area contributed by atoms with Crippen LogP contribution in [0.2, 0.25) is 0 Å². The highest BCUT2D eigenvalue weighted by Gasteiger charge is 2.35. The van der Waals surface area contributed by atoms with Gasteiger partial charge < -0.3 is 9.84 Å². The standard InChI is InChI=1S/C10H16O3/c1-2-3-4-5-8-9(13-8)6-7-10(11)12/h6-9H,2-5H2,1H3,(H,11,12)/b7-6+/t8-,9-/m0/s1. The maximum Gasteiger partial charge on any atom is 0.328 e. The molecule has 1 aliphatic rings. The average Bonchev–Trinajstić information content (AvgIpc) is 2.81. The Bertz CT molecular complexity index is 198. The number of unbranched alkanes of at least 4 members (excludes halogenated alkanes) is 2. The van der Waals surface area contributed by atoms with Crippen LogP contribution in [0.4, 0.5) is 0 Å². The van der Waals surface area contributed by atoms with E-state index in [2.05, 4.69) is 6.92 Å². The molecule has 1 aliphatic heterocycles. The van der Waals surface area contributed by atoms with E-state index in [1.807, 2.05) is 0 Å². The molecule has 0 spiro atoms. The second kappa shape index (κ2) is 5.02. The quantitative estimate of drug-likeness (QED) is 0.390. The Morgan fingerprint density at radius 3 is 2.92 bits per heavy atom. The van der Waals surface area contributed by atoms with Gasteiger partial charge in [0.2, 0.25) is 0 Å². The van der Waals surface area contributed by atoms with Gasteiger partial charge in [0, 0.05) is 6.08 Å². The fourth-order valence-corrected chi connectivity index (χ4v) is 1.33. The number of hydrogen-bond acceptors (Lipinski definition) is 2. The lowest BCUT2D eigenvalue weighted by molar-refractivity contribution is -0.131. The number of carboxylic acids is 1. The van der Waals surface area contributed by atoms with Gasteiger partial charge in [-0.2, -0.15) is 0 Å². The number of rotatable bonds is 6. The first-order chi connectivity index (χ1) is 6.24. The molecule has 0 aromatic carbocycles. The number of aliphatic carboxylic acids is 1. The third-order valence-electron chi connectivity index (χ3n) is 2.14. The first-order valence-electron chi connectivity index (χ1n) is 4.80. The highest BCUT2D eigenvalue weighted by molar-refractivity contribution is 5.79. The molecule has 13 heavy (non-hydrogen) atoms. The van der Waals surface area contributed by atoms with E-state index in [1.165, 1.54) is 19.3 Å². The van der Waals surface area contributed by atoms with Crippen molar-refractivity contribution >= 4 is 5.97 Å². The van der Waals surface area contributed by atoms with Gasteiger partial charge in [-0.1, -0.05) is 26.2 Å². The lowest BCUT2D eigenvalue weighted by Crippen LogP contribution is -1.93. The molecule has 1 N–H and O–H groups in total. The van der Waals surface area contributed by atoms with E-state index < -0.39 is 5.97 Å². The van der Waals surface area contributed by atoms with Gasteiger partial charge in [-0.05, 0) is 12.5 Å². The van der Waals surface area contributed by atoms with E-state index in [-0.39, 0.29) is 12.2 Å². The Balaban J connectivity index is 2.05. The molecule has 0 bridgehead atoms. The molecule has 1 rings (SSSR count). The van der Waals surface area contributed by atoms with Crippen LogP contribution in [0, 0.1) is 0 Å². The SMILES string of the molecule is CCCCC[C@@H]1O[C@H]1/C=C/C(=O)O. The molecule has 1 heterocycles. The van der Waals surface area contributed by atoms with Gasteiger partial charge in [0.15, 0.2) is 0 Å². The Kier molecular flexibility index (Phi) is 3.96. The smallest absolute Gasteiger partial charge is 0.328 e. The zero-order chi connectivity index (χ0) is 9.68. The second-order valence-corrected chi connectivity index (χ2v) is 3.33. The van der Waals surface area contributed by atoms with Gasteiger partial charge in [0.25, 0.3) is 0 Å². The van der Waals surface area contributed by atoms with Gasteiger partial charge in [-0.25, -0.2) is 4.79 Å². The van der Waals surface area contributed by atoms with Gasteiger partial charge in [-0.15, -0.1) is 0 Å². The van der Waals surface area contributed by atoms with Crippen LogP contribution in [0.15, 0.2) is 12.2 Å². The summed E-state index contributed by atoms with van der Waals surface area (Å²) in [6.07, 6.45) is 7.80. The van der Waals surface area contributed by atoms with Crippen molar-refractivity contribution < 1.29 is 14.6 Å². The normalized spacial score (nSPS) is 26.5. The molecule has 0 unspecified atom stereocenters. The number of ether oxygens (including phenoxy) is 1. The molecular formula is C10H16O3. The van der Waals surface area contributed by atoms with E-state index in [4.69, 9.17) is 9.84 Å². The summed E-state index contributed by atoms with van der Waals surface area (Å²) in [5.74, 6) is -0.900. The Morgan fingerprint density at radius 1 is 1.54 bits per heavy atom. The second-order valence-electron chi connectivity index (χ2n) is 3.33. The first kappa shape index (κ1) is 10.3. The van der Waals surface area contributed by atoms with Crippen molar-refractivity contribution in [2.24, 2.45) is 0 Å². The fourth-order valence-electron chi connectivity index (χ4n) is 1.33. The van der Waals surface area contributed by atoms with Crippen molar-refractivity contribution in [1.82, 2.24) is 0 Å². The van der Waals surface area contributed by atoms with Gasteiger partial charge in [0.05, 0.1) is 6.10 Å². The summed E-state index contributed by atoms with van der Waals surface area (Å²) in [6, 6.07) is 0. The van der Waals surface area contributed by atoms with E-state index >= 15 is 0 Å². The summed E-state index contributed by atoms with van der Waals surface area (Å²) in [5.41, 5.74) is 0. The molecule has 0 aromatic heterocycles. The molecule has 0 aliphatic carbocycles. The lowest BCUT2D eigenvalue weighted by atomic mass is 10.1. The number of carboxylic acid groups (broad SMARTS) is 1. The van der Waals surface area contributed by atoms with Crippen molar-refractivity contribution in [3.63, 3.8) is 0 Å². The van der Waals surface area contributed by atoms with Crippen LogP contribution in [0.5, 0.6) is 0 Å². The van der Waals surface area contributed by atoms with Gasteiger partial charge in [0.1, 0.15) is 6.10 Å².